The van der Waals surface area contributed by atoms with Crippen LogP contribution in [0, 0.1) is 0 Å². The molecule has 5 heteroatoms. The molecule has 0 amide bonds. The van der Waals surface area contributed by atoms with Crippen molar-refractivity contribution in [2.45, 2.75) is 13.0 Å². The molecule has 2 aromatic heterocycles. The van der Waals surface area contributed by atoms with E-state index in [9.17, 15) is 0 Å². The lowest BCUT2D eigenvalue weighted by atomic mass is 10.1. The highest BCUT2D eigenvalue weighted by atomic mass is 35.5. The van der Waals surface area contributed by atoms with Gasteiger partial charge in [0.15, 0.2) is 5.58 Å². The van der Waals surface area contributed by atoms with E-state index in [1.54, 1.807) is 18.4 Å². The molecule has 1 unspecified atom stereocenters. The summed E-state index contributed by atoms with van der Waals surface area (Å²) in [5.74, 6) is 1.72. The summed E-state index contributed by atoms with van der Waals surface area (Å²) in [5, 5.41) is 7.11. The minimum absolute atomic E-state index is 0.0339. The first-order valence-corrected chi connectivity index (χ1v) is 8.03. The molecule has 0 aliphatic carbocycles. The van der Waals surface area contributed by atoms with E-state index >= 15 is 0 Å². The Hall–Kier alpha value is -1.49. The van der Waals surface area contributed by atoms with E-state index in [2.05, 4.69) is 12.2 Å². The number of methoxy groups -OCH3 is 1. The summed E-state index contributed by atoms with van der Waals surface area (Å²) in [6.07, 6.45) is 0. The molecule has 0 aliphatic rings. The van der Waals surface area contributed by atoms with Crippen molar-refractivity contribution in [2.75, 3.05) is 13.7 Å². The zero-order valence-corrected chi connectivity index (χ0v) is 13.4. The van der Waals surface area contributed by atoms with Crippen LogP contribution in [0.2, 0.25) is 5.02 Å². The summed E-state index contributed by atoms with van der Waals surface area (Å²) in [6, 6.07) is 9.74. The molecule has 1 aromatic carbocycles. The second-order valence-electron chi connectivity index (χ2n) is 4.65. The molecule has 3 nitrogen and oxygen atoms in total. The van der Waals surface area contributed by atoms with Gasteiger partial charge < -0.3 is 14.5 Å². The Bertz CT molecular complexity index is 750. The molecule has 3 rings (SSSR count). The fourth-order valence-corrected chi connectivity index (χ4v) is 3.57. The van der Waals surface area contributed by atoms with Crippen LogP contribution in [0.1, 0.15) is 23.6 Å². The van der Waals surface area contributed by atoms with Crippen molar-refractivity contribution in [2.24, 2.45) is 0 Å². The van der Waals surface area contributed by atoms with Gasteiger partial charge in [-0.3, -0.25) is 0 Å². The van der Waals surface area contributed by atoms with Crippen LogP contribution in [0.4, 0.5) is 0 Å². The average molecular weight is 322 g/mol. The van der Waals surface area contributed by atoms with Crippen molar-refractivity contribution in [3.8, 4) is 5.75 Å². The van der Waals surface area contributed by atoms with Crippen LogP contribution in [0.5, 0.6) is 5.75 Å². The lowest BCUT2D eigenvalue weighted by Crippen LogP contribution is -2.21. The van der Waals surface area contributed by atoms with Gasteiger partial charge >= 0.3 is 0 Å². The number of halogens is 1. The fourth-order valence-electron chi connectivity index (χ4n) is 2.40. The predicted octanol–water partition coefficient (Wildman–Crippen LogP) is 4.86. The number of rotatable bonds is 5. The number of para-hydroxylation sites is 1. The SMILES string of the molecule is CCNC(c1cc2cccc(Cl)c2o1)c1sccc1OC. The van der Waals surface area contributed by atoms with E-state index in [1.165, 1.54) is 0 Å². The fraction of sp³-hybridized carbons (Fsp3) is 0.250. The molecule has 1 atom stereocenters. The van der Waals surface area contributed by atoms with E-state index in [0.29, 0.717) is 5.02 Å². The van der Waals surface area contributed by atoms with E-state index in [0.717, 1.165) is 33.9 Å². The molecule has 2 heterocycles. The minimum Gasteiger partial charge on any atom is -0.496 e. The Kier molecular flexibility index (Phi) is 4.19. The van der Waals surface area contributed by atoms with Crippen LogP contribution in [-0.4, -0.2) is 13.7 Å². The highest BCUT2D eigenvalue weighted by Crippen LogP contribution is 2.37. The van der Waals surface area contributed by atoms with Crippen molar-refractivity contribution in [3.05, 3.63) is 51.4 Å². The van der Waals surface area contributed by atoms with Crippen molar-refractivity contribution in [1.29, 1.82) is 0 Å². The van der Waals surface area contributed by atoms with E-state index in [-0.39, 0.29) is 6.04 Å². The molecule has 110 valence electrons. The van der Waals surface area contributed by atoms with Crippen molar-refractivity contribution >= 4 is 33.9 Å². The lowest BCUT2D eigenvalue weighted by Gasteiger charge is -2.15. The number of ether oxygens (including phenoxy) is 1. The monoisotopic (exact) mass is 321 g/mol. The van der Waals surface area contributed by atoms with Gasteiger partial charge in [-0.05, 0) is 30.1 Å². The van der Waals surface area contributed by atoms with Crippen LogP contribution < -0.4 is 10.1 Å². The molecule has 0 radical (unpaired) electrons. The third kappa shape index (κ3) is 2.67. The number of hydrogen-bond donors (Lipinski definition) is 1. The van der Waals surface area contributed by atoms with Gasteiger partial charge in [0.25, 0.3) is 0 Å². The zero-order chi connectivity index (χ0) is 14.8. The van der Waals surface area contributed by atoms with Gasteiger partial charge in [-0.25, -0.2) is 0 Å². The van der Waals surface area contributed by atoms with E-state index in [4.69, 9.17) is 20.8 Å². The molecule has 0 spiro atoms. The summed E-state index contributed by atoms with van der Waals surface area (Å²) >= 11 is 7.85. The molecule has 3 aromatic rings. The molecule has 21 heavy (non-hydrogen) atoms. The highest BCUT2D eigenvalue weighted by molar-refractivity contribution is 7.10. The average Bonchev–Trinajstić information content (AvgIpc) is 3.11. The largest absolute Gasteiger partial charge is 0.496 e. The molecular formula is C16H16ClNO2S. The summed E-state index contributed by atoms with van der Waals surface area (Å²) in [4.78, 5) is 1.11. The number of fused-ring (bicyclic) bond motifs is 1. The molecule has 0 bridgehead atoms. The van der Waals surface area contributed by atoms with Crippen LogP contribution in [-0.2, 0) is 0 Å². The van der Waals surface area contributed by atoms with Gasteiger partial charge in [-0.15, -0.1) is 11.3 Å². The maximum Gasteiger partial charge on any atom is 0.152 e. The third-order valence-corrected chi connectivity index (χ3v) is 4.61. The summed E-state index contributed by atoms with van der Waals surface area (Å²) in [5.41, 5.74) is 0.729. The van der Waals surface area contributed by atoms with Crippen LogP contribution >= 0.6 is 22.9 Å². The molecule has 1 N–H and O–H groups in total. The lowest BCUT2D eigenvalue weighted by molar-refractivity contribution is 0.401. The second-order valence-corrected chi connectivity index (χ2v) is 6.01. The topological polar surface area (TPSA) is 34.4 Å². The van der Waals surface area contributed by atoms with Crippen LogP contribution in [0.15, 0.2) is 40.1 Å². The first-order chi connectivity index (χ1) is 10.2. The quantitative estimate of drug-likeness (QED) is 0.729. The maximum absolute atomic E-state index is 6.20. The summed E-state index contributed by atoms with van der Waals surface area (Å²) in [7, 11) is 1.68. The number of thiophene rings is 1. The van der Waals surface area contributed by atoms with E-state index in [1.807, 2.05) is 35.7 Å². The Morgan fingerprint density at radius 1 is 1.38 bits per heavy atom. The van der Waals surface area contributed by atoms with Gasteiger partial charge in [0, 0.05) is 5.39 Å². The van der Waals surface area contributed by atoms with Crippen LogP contribution in [0.25, 0.3) is 11.0 Å². The van der Waals surface area contributed by atoms with Gasteiger partial charge in [0.05, 0.1) is 17.0 Å². The number of hydrogen-bond acceptors (Lipinski definition) is 4. The Morgan fingerprint density at radius 3 is 2.95 bits per heavy atom. The standard InChI is InChI=1S/C16H16ClNO2S/c1-3-18-14(16-12(19-2)7-8-21-16)13-9-10-5-4-6-11(17)15(10)20-13/h4-9,14,18H,3H2,1-2H3. The minimum atomic E-state index is -0.0339. The zero-order valence-electron chi connectivity index (χ0n) is 11.9. The Balaban J connectivity index is 2.09. The first-order valence-electron chi connectivity index (χ1n) is 6.77. The third-order valence-electron chi connectivity index (χ3n) is 3.35. The van der Waals surface area contributed by atoms with E-state index < -0.39 is 0 Å². The Labute approximate surface area is 132 Å². The molecule has 0 saturated heterocycles. The number of furan rings is 1. The highest BCUT2D eigenvalue weighted by Gasteiger charge is 2.23. The normalized spacial score (nSPS) is 12.7. The van der Waals surface area contributed by atoms with Crippen molar-refractivity contribution in [3.63, 3.8) is 0 Å². The smallest absolute Gasteiger partial charge is 0.152 e. The Morgan fingerprint density at radius 2 is 2.24 bits per heavy atom. The number of nitrogens with one attached hydrogen (secondary N) is 1. The summed E-state index contributed by atoms with van der Waals surface area (Å²) < 4.78 is 11.4. The van der Waals surface area contributed by atoms with Gasteiger partial charge in [0.1, 0.15) is 17.6 Å². The maximum atomic E-state index is 6.20. The summed E-state index contributed by atoms with van der Waals surface area (Å²) in [6.45, 7) is 2.90. The second kappa shape index (κ2) is 6.10. The molecule has 0 aliphatic heterocycles. The van der Waals surface area contributed by atoms with Gasteiger partial charge in [-0.1, -0.05) is 30.7 Å². The molecule has 0 saturated carbocycles. The molecular weight excluding hydrogens is 306 g/mol. The predicted molar refractivity (Wildman–Crippen MR) is 87.6 cm³/mol. The number of benzene rings is 1. The van der Waals surface area contributed by atoms with Gasteiger partial charge in [-0.2, -0.15) is 0 Å². The van der Waals surface area contributed by atoms with Crippen molar-refractivity contribution in [1.82, 2.24) is 5.32 Å². The van der Waals surface area contributed by atoms with Gasteiger partial charge in [0.2, 0.25) is 0 Å². The van der Waals surface area contributed by atoms with Crippen molar-refractivity contribution < 1.29 is 9.15 Å². The molecule has 0 fully saturated rings. The first kappa shape index (κ1) is 14.4. The van der Waals surface area contributed by atoms with Crippen LogP contribution in [0.3, 0.4) is 0 Å².